The van der Waals surface area contributed by atoms with Crippen molar-refractivity contribution in [3.05, 3.63) is 46.1 Å². The molecule has 148 valence electrons. The van der Waals surface area contributed by atoms with Crippen LogP contribution in [-0.4, -0.2) is 17.4 Å². The normalized spacial score (nSPS) is 15.1. The Labute approximate surface area is 166 Å². The van der Waals surface area contributed by atoms with Gasteiger partial charge in [-0.3, -0.25) is 9.59 Å². The van der Waals surface area contributed by atoms with Gasteiger partial charge in [0.1, 0.15) is 0 Å². The lowest BCUT2D eigenvalue weighted by Crippen LogP contribution is -1.94. The molecule has 0 aromatic rings. The molecule has 3 heteroatoms. The molecular weight excluding hydrogens is 344 g/mol. The summed E-state index contributed by atoms with van der Waals surface area (Å²) in [4.78, 5) is 21.7. The molecule has 0 saturated heterocycles. The van der Waals surface area contributed by atoms with E-state index in [0.29, 0.717) is 11.7 Å². The predicted molar refractivity (Wildman–Crippen MR) is 116 cm³/mol. The van der Waals surface area contributed by atoms with Gasteiger partial charge >= 0.3 is 0 Å². The molecule has 0 N–H and O–H groups in total. The van der Waals surface area contributed by atoms with Crippen LogP contribution in [0.2, 0.25) is 0 Å². The molecule has 0 aromatic carbocycles. The number of Topliss-reactive ketones (excluding diaryl/α,β-unsaturated/α-hetero) is 1. The average molecular weight is 381 g/mol. The Morgan fingerprint density at radius 3 is 1.77 bits per heavy atom. The molecule has 0 unspecified atom stereocenters. The lowest BCUT2D eigenvalue weighted by molar-refractivity contribution is -0.115. The lowest BCUT2D eigenvalue weighted by Gasteiger charge is -1.97. The van der Waals surface area contributed by atoms with Crippen molar-refractivity contribution in [1.29, 1.82) is 0 Å². The first-order chi connectivity index (χ1) is 11.7. The predicted octanol–water partition coefficient (Wildman–Crippen LogP) is 7.15. The van der Waals surface area contributed by atoms with E-state index in [4.69, 9.17) is 11.6 Å². The molecule has 0 aliphatic heterocycles. The Balaban J connectivity index is 0. The third-order valence-corrected chi connectivity index (χ3v) is 4.11. The van der Waals surface area contributed by atoms with Crippen LogP contribution in [0.5, 0.6) is 0 Å². The largest absolute Gasteiger partial charge is 0.295 e. The summed E-state index contributed by atoms with van der Waals surface area (Å²) in [6.07, 6.45) is 10.1. The van der Waals surface area contributed by atoms with Crippen LogP contribution in [-0.2, 0) is 9.59 Å². The smallest absolute Gasteiger partial charge is 0.159 e. The van der Waals surface area contributed by atoms with Crippen molar-refractivity contribution in [2.75, 3.05) is 5.88 Å². The standard InChI is InChI=1S/C11H16O.C6H8O.C5H9Cl.CH4/c1-8(2)4-6-10-9(3)5-7-11(10)12;1-5-2-3-6(7)4-5;1-5(2)3-4-6;/h4H,5-7H2,1-3H3;4H,2-3H2,1H3;3H,4H2,1-2H3;1H4. The summed E-state index contributed by atoms with van der Waals surface area (Å²) in [5.41, 5.74) is 6.14. The number of hydrogen-bond acceptors (Lipinski definition) is 2. The highest BCUT2D eigenvalue weighted by molar-refractivity contribution is 6.18. The van der Waals surface area contributed by atoms with E-state index >= 15 is 0 Å². The van der Waals surface area contributed by atoms with Crippen molar-refractivity contribution < 1.29 is 9.59 Å². The van der Waals surface area contributed by atoms with E-state index in [-0.39, 0.29) is 13.2 Å². The number of rotatable bonds is 3. The summed E-state index contributed by atoms with van der Waals surface area (Å²) in [7, 11) is 0. The maximum Gasteiger partial charge on any atom is 0.159 e. The molecule has 0 radical (unpaired) electrons. The van der Waals surface area contributed by atoms with Gasteiger partial charge in [-0.2, -0.15) is 0 Å². The van der Waals surface area contributed by atoms with Crippen molar-refractivity contribution in [3.63, 3.8) is 0 Å². The van der Waals surface area contributed by atoms with Crippen LogP contribution in [0.3, 0.4) is 0 Å². The van der Waals surface area contributed by atoms with Crippen LogP contribution in [0.4, 0.5) is 0 Å². The molecule has 2 nitrogen and oxygen atoms in total. The van der Waals surface area contributed by atoms with Gasteiger partial charge in [0.05, 0.1) is 0 Å². The number of ketones is 2. The van der Waals surface area contributed by atoms with Gasteiger partial charge in [0.2, 0.25) is 0 Å². The van der Waals surface area contributed by atoms with E-state index in [2.05, 4.69) is 26.8 Å². The highest BCUT2D eigenvalue weighted by Crippen LogP contribution is 2.25. The maximum atomic E-state index is 11.3. The van der Waals surface area contributed by atoms with Crippen molar-refractivity contribution in [2.24, 2.45) is 0 Å². The van der Waals surface area contributed by atoms with Crippen LogP contribution >= 0.6 is 11.6 Å². The Bertz CT molecular complexity index is 581. The number of hydrogen-bond donors (Lipinski definition) is 0. The zero-order valence-electron chi connectivity index (χ0n) is 16.7. The first kappa shape index (κ1) is 26.8. The molecule has 0 bridgehead atoms. The quantitative estimate of drug-likeness (QED) is 0.385. The van der Waals surface area contributed by atoms with Gasteiger partial charge in [0.15, 0.2) is 11.6 Å². The molecule has 0 spiro atoms. The average Bonchev–Trinajstić information content (AvgIpc) is 3.03. The van der Waals surface area contributed by atoms with Gasteiger partial charge in [0, 0.05) is 18.7 Å². The van der Waals surface area contributed by atoms with E-state index in [9.17, 15) is 9.59 Å². The minimum atomic E-state index is 0. The fourth-order valence-corrected chi connectivity index (χ4v) is 2.64. The first-order valence-electron chi connectivity index (χ1n) is 8.91. The minimum Gasteiger partial charge on any atom is -0.295 e. The maximum absolute atomic E-state index is 11.3. The van der Waals surface area contributed by atoms with Crippen molar-refractivity contribution >= 4 is 23.2 Å². The Hall–Kier alpha value is -1.41. The summed E-state index contributed by atoms with van der Waals surface area (Å²) in [5.74, 6) is 1.28. The van der Waals surface area contributed by atoms with E-state index in [1.54, 1.807) is 6.08 Å². The zero-order chi connectivity index (χ0) is 19.4. The number of alkyl halides is 1. The SMILES string of the molecule is C.CC(C)=CCC1=C(C)CCC1=O.CC(C)=CCCl.CC1=CC(=O)CC1. The molecular formula is C23H37ClO2. The van der Waals surface area contributed by atoms with Gasteiger partial charge in [-0.25, -0.2) is 0 Å². The summed E-state index contributed by atoms with van der Waals surface area (Å²) >= 11 is 5.32. The lowest BCUT2D eigenvalue weighted by atomic mass is 10.1. The van der Waals surface area contributed by atoms with Crippen LogP contribution in [0.1, 0.15) is 81.1 Å². The Morgan fingerprint density at radius 1 is 0.962 bits per heavy atom. The second kappa shape index (κ2) is 14.7. The topological polar surface area (TPSA) is 34.1 Å². The van der Waals surface area contributed by atoms with E-state index in [1.165, 1.54) is 22.3 Å². The molecule has 0 fully saturated rings. The highest BCUT2D eigenvalue weighted by Gasteiger charge is 2.18. The number of carbonyl (C=O) groups excluding carboxylic acids is 2. The van der Waals surface area contributed by atoms with Gasteiger partial charge in [-0.15, -0.1) is 11.6 Å². The Morgan fingerprint density at radius 2 is 1.54 bits per heavy atom. The minimum absolute atomic E-state index is 0. The molecule has 2 aliphatic rings. The number of halogens is 1. The molecule has 26 heavy (non-hydrogen) atoms. The monoisotopic (exact) mass is 380 g/mol. The highest BCUT2D eigenvalue weighted by atomic mass is 35.5. The van der Waals surface area contributed by atoms with Gasteiger partial charge in [-0.05, 0) is 72.5 Å². The third-order valence-electron chi connectivity index (χ3n) is 3.95. The molecule has 0 atom stereocenters. The van der Waals surface area contributed by atoms with Crippen LogP contribution in [0, 0.1) is 0 Å². The third kappa shape index (κ3) is 12.9. The summed E-state index contributed by atoms with van der Waals surface area (Å²) < 4.78 is 0. The molecule has 0 aromatic heterocycles. The molecule has 2 aliphatic carbocycles. The van der Waals surface area contributed by atoms with Gasteiger partial charge in [0.25, 0.3) is 0 Å². The molecule has 0 saturated carbocycles. The summed E-state index contributed by atoms with van der Waals surface area (Å²) in [6, 6.07) is 0. The van der Waals surface area contributed by atoms with Crippen LogP contribution in [0.15, 0.2) is 46.1 Å². The van der Waals surface area contributed by atoms with Crippen LogP contribution < -0.4 is 0 Å². The molecule has 0 amide bonds. The van der Waals surface area contributed by atoms with E-state index in [0.717, 1.165) is 37.7 Å². The molecule has 0 heterocycles. The van der Waals surface area contributed by atoms with Crippen molar-refractivity contribution in [2.45, 2.75) is 81.1 Å². The fraction of sp³-hybridized carbons (Fsp3) is 0.565. The summed E-state index contributed by atoms with van der Waals surface area (Å²) in [6.45, 7) is 12.2. The zero-order valence-corrected chi connectivity index (χ0v) is 17.4. The van der Waals surface area contributed by atoms with Gasteiger partial charge in [-0.1, -0.05) is 41.9 Å². The summed E-state index contributed by atoms with van der Waals surface area (Å²) in [5, 5.41) is 0. The van der Waals surface area contributed by atoms with E-state index in [1.807, 2.05) is 26.8 Å². The Kier molecular flexibility index (Phi) is 15.2. The first-order valence-corrected chi connectivity index (χ1v) is 9.45. The van der Waals surface area contributed by atoms with Crippen LogP contribution in [0.25, 0.3) is 0 Å². The number of allylic oxidation sites excluding steroid dienone is 8. The number of carbonyl (C=O) groups is 2. The second-order valence-corrected chi connectivity index (χ2v) is 7.37. The fourth-order valence-electron chi connectivity index (χ4n) is 2.33. The van der Waals surface area contributed by atoms with Crippen molar-refractivity contribution in [3.8, 4) is 0 Å². The second-order valence-electron chi connectivity index (χ2n) is 7.06. The van der Waals surface area contributed by atoms with Gasteiger partial charge < -0.3 is 0 Å². The molecule has 2 rings (SSSR count). The van der Waals surface area contributed by atoms with E-state index < -0.39 is 0 Å². The van der Waals surface area contributed by atoms with Crippen molar-refractivity contribution in [1.82, 2.24) is 0 Å².